The molecule has 1 heterocycles. The summed E-state index contributed by atoms with van der Waals surface area (Å²) in [6, 6.07) is 4.98. The zero-order chi connectivity index (χ0) is 18.7. The van der Waals surface area contributed by atoms with Crippen molar-refractivity contribution in [1.82, 2.24) is 15.5 Å². The normalized spacial score (nSPS) is 20.6. The molecule has 2 aliphatic rings. The van der Waals surface area contributed by atoms with Gasteiger partial charge < -0.3 is 10.6 Å². The fourth-order valence-corrected chi connectivity index (χ4v) is 3.76. The first-order valence-corrected chi connectivity index (χ1v) is 9.10. The van der Waals surface area contributed by atoms with Crippen LogP contribution in [-0.4, -0.2) is 34.8 Å². The number of rotatable bonds is 4. The van der Waals surface area contributed by atoms with Crippen molar-refractivity contribution in [2.24, 2.45) is 0 Å². The fourth-order valence-electron chi connectivity index (χ4n) is 3.76. The molecule has 1 saturated heterocycles. The fraction of sp³-hybridized carbons (Fsp3) is 0.526. The van der Waals surface area contributed by atoms with E-state index in [1.54, 1.807) is 19.1 Å². The summed E-state index contributed by atoms with van der Waals surface area (Å²) in [7, 11) is 0. The van der Waals surface area contributed by atoms with Gasteiger partial charge in [0.15, 0.2) is 0 Å². The summed E-state index contributed by atoms with van der Waals surface area (Å²) < 4.78 is 13.0. The molecule has 0 bridgehead atoms. The van der Waals surface area contributed by atoms with Crippen LogP contribution in [0, 0.1) is 5.82 Å². The third kappa shape index (κ3) is 3.71. The molecule has 4 amide bonds. The lowest BCUT2D eigenvalue weighted by Crippen LogP contribution is -2.47. The summed E-state index contributed by atoms with van der Waals surface area (Å²) in [6.45, 7) is 1.46. The summed E-state index contributed by atoms with van der Waals surface area (Å²) in [6.07, 6.45) is 5.16. The monoisotopic (exact) mass is 361 g/mol. The van der Waals surface area contributed by atoms with Crippen LogP contribution in [-0.2, 0) is 9.59 Å². The van der Waals surface area contributed by atoms with Crippen molar-refractivity contribution in [3.8, 4) is 0 Å². The average molecular weight is 361 g/mol. The molecule has 1 saturated carbocycles. The van der Waals surface area contributed by atoms with Crippen LogP contribution < -0.4 is 10.6 Å². The number of amides is 4. The number of hydrogen-bond donors (Lipinski definition) is 2. The predicted molar refractivity (Wildman–Crippen MR) is 93.6 cm³/mol. The van der Waals surface area contributed by atoms with Gasteiger partial charge in [0.25, 0.3) is 5.91 Å². The number of imide groups is 1. The molecule has 2 N–H and O–H groups in total. The largest absolute Gasteiger partial charge is 0.348 e. The van der Waals surface area contributed by atoms with Gasteiger partial charge in [-0.1, -0.05) is 37.8 Å². The van der Waals surface area contributed by atoms with Crippen molar-refractivity contribution in [2.75, 3.05) is 6.54 Å². The van der Waals surface area contributed by atoms with Crippen LogP contribution in [0.15, 0.2) is 24.3 Å². The minimum atomic E-state index is -0.837. The van der Waals surface area contributed by atoms with E-state index in [4.69, 9.17) is 0 Å². The molecule has 26 heavy (non-hydrogen) atoms. The molecule has 0 radical (unpaired) electrons. The quantitative estimate of drug-likeness (QED) is 0.809. The highest BCUT2D eigenvalue weighted by molar-refractivity contribution is 6.09. The topological polar surface area (TPSA) is 78.5 Å². The van der Waals surface area contributed by atoms with Crippen molar-refractivity contribution in [3.63, 3.8) is 0 Å². The molecule has 6 nitrogen and oxygen atoms in total. The summed E-state index contributed by atoms with van der Waals surface area (Å²) in [5.74, 6) is -1.06. The van der Waals surface area contributed by atoms with Gasteiger partial charge in [0.2, 0.25) is 5.91 Å². The molecule has 1 aromatic rings. The van der Waals surface area contributed by atoms with Crippen molar-refractivity contribution in [3.05, 3.63) is 35.6 Å². The lowest BCUT2D eigenvalue weighted by molar-refractivity contribution is -0.135. The van der Waals surface area contributed by atoms with Crippen LogP contribution in [0.3, 0.4) is 0 Å². The van der Waals surface area contributed by atoms with E-state index in [1.807, 2.05) is 0 Å². The molecular weight excluding hydrogens is 337 g/mol. The minimum absolute atomic E-state index is 0.297. The number of hydrogen-bond acceptors (Lipinski definition) is 3. The number of benzene rings is 1. The summed E-state index contributed by atoms with van der Waals surface area (Å²) >= 11 is 0. The Morgan fingerprint density at radius 2 is 1.81 bits per heavy atom. The first-order chi connectivity index (χ1) is 12.4. The molecule has 2 fully saturated rings. The Balaban J connectivity index is 1.62. The van der Waals surface area contributed by atoms with Crippen molar-refractivity contribution in [1.29, 1.82) is 0 Å². The standard InChI is InChI=1S/C19H24FN3O3/c1-13(14-6-8-15(20)9-7-14)21-16(24)12-23-17(25)19(22-18(23)26)10-4-2-3-5-11-19/h6-9,13H,2-5,10-12H2,1H3,(H,21,24)(H,22,26). The molecule has 1 atom stereocenters. The van der Waals surface area contributed by atoms with E-state index in [0.717, 1.165) is 36.1 Å². The Labute approximate surface area is 152 Å². The van der Waals surface area contributed by atoms with Crippen LogP contribution in [0.5, 0.6) is 0 Å². The smallest absolute Gasteiger partial charge is 0.325 e. The van der Waals surface area contributed by atoms with E-state index in [1.165, 1.54) is 12.1 Å². The van der Waals surface area contributed by atoms with Crippen LogP contribution in [0.4, 0.5) is 9.18 Å². The Morgan fingerprint density at radius 1 is 1.19 bits per heavy atom. The number of carbonyl (C=O) groups is 3. The van der Waals surface area contributed by atoms with Gasteiger partial charge >= 0.3 is 6.03 Å². The lowest BCUT2D eigenvalue weighted by atomic mass is 9.90. The van der Waals surface area contributed by atoms with Crippen molar-refractivity contribution < 1.29 is 18.8 Å². The number of nitrogens with zero attached hydrogens (tertiary/aromatic N) is 1. The van der Waals surface area contributed by atoms with Crippen molar-refractivity contribution in [2.45, 2.75) is 57.0 Å². The zero-order valence-electron chi connectivity index (χ0n) is 14.9. The molecular formula is C19H24FN3O3. The predicted octanol–water partition coefficient (Wildman–Crippen LogP) is 2.65. The third-order valence-corrected chi connectivity index (χ3v) is 5.25. The molecule has 1 spiro atoms. The first-order valence-electron chi connectivity index (χ1n) is 9.10. The lowest BCUT2D eigenvalue weighted by Gasteiger charge is -2.24. The van der Waals surface area contributed by atoms with Gasteiger partial charge in [0.1, 0.15) is 17.9 Å². The van der Waals surface area contributed by atoms with Gasteiger partial charge in [-0.25, -0.2) is 9.18 Å². The molecule has 1 aromatic carbocycles. The summed E-state index contributed by atoms with van der Waals surface area (Å²) in [4.78, 5) is 38.4. The summed E-state index contributed by atoms with van der Waals surface area (Å²) in [5, 5.41) is 5.57. The molecule has 7 heteroatoms. The average Bonchev–Trinajstić information content (AvgIpc) is 2.77. The third-order valence-electron chi connectivity index (χ3n) is 5.25. The van der Waals surface area contributed by atoms with Crippen molar-refractivity contribution >= 4 is 17.8 Å². The number of halogens is 1. The molecule has 1 aliphatic carbocycles. The van der Waals surface area contributed by atoms with E-state index < -0.39 is 17.5 Å². The van der Waals surface area contributed by atoms with Gasteiger partial charge in [-0.2, -0.15) is 0 Å². The SMILES string of the molecule is CC(NC(=O)CN1C(=O)NC2(CCCCCC2)C1=O)c1ccc(F)cc1. The second kappa shape index (κ2) is 7.43. The van der Waals surface area contributed by atoms with E-state index in [2.05, 4.69) is 10.6 Å². The van der Waals surface area contributed by atoms with Gasteiger partial charge in [-0.15, -0.1) is 0 Å². The first kappa shape index (κ1) is 18.4. The maximum absolute atomic E-state index is 13.0. The number of urea groups is 1. The van der Waals surface area contributed by atoms with Gasteiger partial charge in [-0.3, -0.25) is 14.5 Å². The second-order valence-corrected chi connectivity index (χ2v) is 7.16. The maximum Gasteiger partial charge on any atom is 0.325 e. The molecule has 140 valence electrons. The second-order valence-electron chi connectivity index (χ2n) is 7.16. The Bertz CT molecular complexity index is 696. The molecule has 1 unspecified atom stereocenters. The Morgan fingerprint density at radius 3 is 2.42 bits per heavy atom. The van der Waals surface area contributed by atoms with E-state index in [0.29, 0.717) is 12.8 Å². The van der Waals surface area contributed by atoms with Crippen LogP contribution >= 0.6 is 0 Å². The van der Waals surface area contributed by atoms with E-state index in [-0.39, 0.29) is 24.3 Å². The summed E-state index contributed by atoms with van der Waals surface area (Å²) in [5.41, 5.74) is -0.0895. The van der Waals surface area contributed by atoms with E-state index >= 15 is 0 Å². The highest BCUT2D eigenvalue weighted by Gasteiger charge is 2.51. The van der Waals surface area contributed by atoms with Crippen LogP contribution in [0.1, 0.15) is 57.1 Å². The van der Waals surface area contributed by atoms with E-state index in [9.17, 15) is 18.8 Å². The molecule has 0 aromatic heterocycles. The highest BCUT2D eigenvalue weighted by Crippen LogP contribution is 2.32. The number of carbonyl (C=O) groups excluding carboxylic acids is 3. The van der Waals surface area contributed by atoms with Gasteiger partial charge in [0.05, 0.1) is 6.04 Å². The minimum Gasteiger partial charge on any atom is -0.348 e. The van der Waals surface area contributed by atoms with Crippen LogP contribution in [0.2, 0.25) is 0 Å². The maximum atomic E-state index is 13.0. The Kier molecular flexibility index (Phi) is 5.25. The zero-order valence-corrected chi connectivity index (χ0v) is 14.9. The van der Waals surface area contributed by atoms with Gasteiger partial charge in [0, 0.05) is 0 Å². The highest BCUT2D eigenvalue weighted by atomic mass is 19.1. The molecule has 1 aliphatic heterocycles. The molecule has 3 rings (SSSR count). The van der Waals surface area contributed by atoms with Gasteiger partial charge in [-0.05, 0) is 37.5 Å². The number of nitrogens with one attached hydrogen (secondary N) is 2. The van der Waals surface area contributed by atoms with Crippen LogP contribution in [0.25, 0.3) is 0 Å². The Hall–Kier alpha value is -2.44.